The molecule has 2 aliphatic rings. The lowest BCUT2D eigenvalue weighted by Crippen LogP contribution is -2.47. The maximum atomic E-state index is 5.88. The molecule has 2 saturated heterocycles. The normalized spacial score (nSPS) is 21.1. The molecule has 1 aromatic carbocycles. The van der Waals surface area contributed by atoms with Crippen LogP contribution in [0.5, 0.6) is 5.75 Å². The first-order valence-corrected chi connectivity index (χ1v) is 9.64. The van der Waals surface area contributed by atoms with E-state index in [0.29, 0.717) is 12.6 Å². The van der Waals surface area contributed by atoms with Crippen LogP contribution in [-0.4, -0.2) is 81.4 Å². The molecule has 152 valence electrons. The summed E-state index contributed by atoms with van der Waals surface area (Å²) >= 11 is 0. The van der Waals surface area contributed by atoms with Gasteiger partial charge in [-0.05, 0) is 43.5 Å². The Labute approximate surface area is 180 Å². The standard InChI is InChI=1S/C20H32N4O2.HI/c1-16-12-17(2)14-19(13-16)26-9-5-22-20(21-3)24-6-4-18(15-24)23-7-10-25-11-8-23;/h12-14,18H,4-11,15H2,1-3H3,(H,21,22);1H. The van der Waals surface area contributed by atoms with Crippen molar-refractivity contribution >= 4 is 29.9 Å². The number of morpholine rings is 1. The molecule has 1 unspecified atom stereocenters. The van der Waals surface area contributed by atoms with Gasteiger partial charge in [-0.25, -0.2) is 0 Å². The zero-order valence-electron chi connectivity index (χ0n) is 16.7. The fourth-order valence-corrected chi connectivity index (χ4v) is 3.86. The number of rotatable bonds is 5. The van der Waals surface area contributed by atoms with Crippen molar-refractivity contribution in [1.29, 1.82) is 0 Å². The second-order valence-corrected chi connectivity index (χ2v) is 7.18. The summed E-state index contributed by atoms with van der Waals surface area (Å²) in [5.41, 5.74) is 2.46. The molecular weight excluding hydrogens is 455 g/mol. The Hall–Kier alpha value is -1.06. The molecule has 2 heterocycles. The van der Waals surface area contributed by atoms with Gasteiger partial charge < -0.3 is 19.7 Å². The van der Waals surface area contributed by atoms with E-state index in [2.05, 4.69) is 52.2 Å². The number of benzene rings is 1. The molecule has 1 N–H and O–H groups in total. The summed E-state index contributed by atoms with van der Waals surface area (Å²) in [6, 6.07) is 6.93. The van der Waals surface area contributed by atoms with Gasteiger partial charge in [-0.3, -0.25) is 9.89 Å². The van der Waals surface area contributed by atoms with E-state index in [-0.39, 0.29) is 24.0 Å². The Morgan fingerprint density at radius 3 is 2.56 bits per heavy atom. The van der Waals surface area contributed by atoms with Crippen LogP contribution in [0.1, 0.15) is 17.5 Å². The van der Waals surface area contributed by atoms with Gasteiger partial charge in [0.25, 0.3) is 0 Å². The minimum absolute atomic E-state index is 0. The van der Waals surface area contributed by atoms with Crippen molar-refractivity contribution in [2.75, 3.05) is 59.6 Å². The fourth-order valence-electron chi connectivity index (χ4n) is 3.86. The lowest BCUT2D eigenvalue weighted by molar-refractivity contribution is 0.0195. The van der Waals surface area contributed by atoms with Gasteiger partial charge >= 0.3 is 0 Å². The van der Waals surface area contributed by atoms with Crippen LogP contribution in [-0.2, 0) is 4.74 Å². The van der Waals surface area contributed by atoms with E-state index >= 15 is 0 Å². The van der Waals surface area contributed by atoms with Gasteiger partial charge in [0.1, 0.15) is 12.4 Å². The Kier molecular flexibility index (Phi) is 9.11. The quantitative estimate of drug-likeness (QED) is 0.299. The van der Waals surface area contributed by atoms with Gasteiger partial charge in [-0.15, -0.1) is 24.0 Å². The second kappa shape index (κ2) is 11.1. The molecule has 27 heavy (non-hydrogen) atoms. The van der Waals surface area contributed by atoms with Crippen LogP contribution in [0.25, 0.3) is 0 Å². The fraction of sp³-hybridized carbons (Fsp3) is 0.650. The molecule has 2 fully saturated rings. The molecule has 0 spiro atoms. The van der Waals surface area contributed by atoms with Crippen LogP contribution in [0.2, 0.25) is 0 Å². The maximum absolute atomic E-state index is 5.88. The highest BCUT2D eigenvalue weighted by Crippen LogP contribution is 2.17. The largest absolute Gasteiger partial charge is 0.492 e. The molecule has 0 radical (unpaired) electrons. The van der Waals surface area contributed by atoms with Gasteiger partial charge in [0.15, 0.2) is 5.96 Å². The number of aliphatic imine (C=N–C) groups is 1. The number of halogens is 1. The average molecular weight is 488 g/mol. The van der Waals surface area contributed by atoms with Crippen LogP contribution >= 0.6 is 24.0 Å². The first kappa shape index (κ1) is 22.2. The van der Waals surface area contributed by atoms with Gasteiger partial charge in [0, 0.05) is 39.3 Å². The lowest BCUT2D eigenvalue weighted by atomic mass is 10.1. The molecule has 3 rings (SSSR count). The highest BCUT2D eigenvalue weighted by Gasteiger charge is 2.30. The molecule has 0 bridgehead atoms. The van der Waals surface area contributed by atoms with E-state index in [1.54, 1.807) is 0 Å². The van der Waals surface area contributed by atoms with Crippen LogP contribution in [0.4, 0.5) is 0 Å². The van der Waals surface area contributed by atoms with E-state index < -0.39 is 0 Å². The zero-order valence-corrected chi connectivity index (χ0v) is 19.1. The summed E-state index contributed by atoms with van der Waals surface area (Å²) in [5, 5.41) is 3.44. The van der Waals surface area contributed by atoms with Crippen molar-refractivity contribution in [3.63, 3.8) is 0 Å². The van der Waals surface area contributed by atoms with Crippen molar-refractivity contribution in [2.45, 2.75) is 26.3 Å². The molecular formula is C20H33IN4O2. The predicted molar refractivity (Wildman–Crippen MR) is 121 cm³/mol. The monoisotopic (exact) mass is 488 g/mol. The molecule has 1 atom stereocenters. The third-order valence-electron chi connectivity index (χ3n) is 5.09. The summed E-state index contributed by atoms with van der Waals surface area (Å²) in [5.74, 6) is 1.91. The number of hydrogen-bond acceptors (Lipinski definition) is 4. The van der Waals surface area contributed by atoms with Crippen LogP contribution in [0.3, 0.4) is 0 Å². The molecule has 1 aromatic rings. The summed E-state index contributed by atoms with van der Waals surface area (Å²) in [6.45, 7) is 11.5. The van der Waals surface area contributed by atoms with Crippen molar-refractivity contribution in [3.05, 3.63) is 29.3 Å². The maximum Gasteiger partial charge on any atom is 0.193 e. The smallest absolute Gasteiger partial charge is 0.193 e. The van der Waals surface area contributed by atoms with Gasteiger partial charge in [-0.2, -0.15) is 0 Å². The van der Waals surface area contributed by atoms with Crippen molar-refractivity contribution < 1.29 is 9.47 Å². The van der Waals surface area contributed by atoms with E-state index in [9.17, 15) is 0 Å². The summed E-state index contributed by atoms with van der Waals surface area (Å²) < 4.78 is 11.3. The minimum Gasteiger partial charge on any atom is -0.492 e. The third kappa shape index (κ3) is 6.50. The molecule has 7 heteroatoms. The number of guanidine groups is 1. The average Bonchev–Trinajstić information content (AvgIpc) is 3.12. The van der Waals surface area contributed by atoms with Crippen LogP contribution in [0, 0.1) is 13.8 Å². The first-order chi connectivity index (χ1) is 12.7. The predicted octanol–water partition coefficient (Wildman–Crippen LogP) is 2.28. The number of ether oxygens (including phenoxy) is 2. The van der Waals surface area contributed by atoms with E-state index in [0.717, 1.165) is 57.6 Å². The Morgan fingerprint density at radius 1 is 1.19 bits per heavy atom. The summed E-state index contributed by atoms with van der Waals surface area (Å²) in [7, 11) is 1.86. The lowest BCUT2D eigenvalue weighted by Gasteiger charge is -2.32. The first-order valence-electron chi connectivity index (χ1n) is 9.64. The van der Waals surface area contributed by atoms with E-state index in [1.807, 2.05) is 7.05 Å². The SMILES string of the molecule is CN=C(NCCOc1cc(C)cc(C)c1)N1CCC(N2CCOCC2)C1.I. The van der Waals surface area contributed by atoms with Gasteiger partial charge in [0.05, 0.1) is 19.8 Å². The van der Waals surface area contributed by atoms with Gasteiger partial charge in [-0.1, -0.05) is 6.07 Å². The number of likely N-dealkylation sites (tertiary alicyclic amines) is 1. The number of nitrogens with one attached hydrogen (secondary N) is 1. The Morgan fingerprint density at radius 2 is 1.89 bits per heavy atom. The Bertz CT molecular complexity index is 600. The topological polar surface area (TPSA) is 49.3 Å². The number of aryl methyl sites for hydroxylation is 2. The summed E-state index contributed by atoms with van der Waals surface area (Å²) in [4.78, 5) is 9.37. The van der Waals surface area contributed by atoms with Crippen LogP contribution in [0.15, 0.2) is 23.2 Å². The van der Waals surface area contributed by atoms with Crippen molar-refractivity contribution in [3.8, 4) is 5.75 Å². The highest BCUT2D eigenvalue weighted by molar-refractivity contribution is 14.0. The molecule has 0 aliphatic carbocycles. The van der Waals surface area contributed by atoms with E-state index in [4.69, 9.17) is 9.47 Å². The summed E-state index contributed by atoms with van der Waals surface area (Å²) in [6.07, 6.45) is 1.19. The second-order valence-electron chi connectivity index (χ2n) is 7.18. The van der Waals surface area contributed by atoms with E-state index in [1.165, 1.54) is 17.5 Å². The van der Waals surface area contributed by atoms with Crippen molar-refractivity contribution in [2.24, 2.45) is 4.99 Å². The molecule has 6 nitrogen and oxygen atoms in total. The van der Waals surface area contributed by atoms with Crippen LogP contribution < -0.4 is 10.1 Å². The number of nitrogens with zero attached hydrogens (tertiary/aromatic N) is 3. The van der Waals surface area contributed by atoms with Crippen molar-refractivity contribution in [1.82, 2.24) is 15.1 Å². The third-order valence-corrected chi connectivity index (χ3v) is 5.09. The molecule has 0 saturated carbocycles. The molecule has 0 amide bonds. The Balaban J connectivity index is 0.00000261. The molecule has 2 aliphatic heterocycles. The minimum atomic E-state index is 0. The number of hydrogen-bond donors (Lipinski definition) is 1. The zero-order chi connectivity index (χ0) is 18.4. The highest BCUT2D eigenvalue weighted by atomic mass is 127. The van der Waals surface area contributed by atoms with Gasteiger partial charge in [0.2, 0.25) is 0 Å². The molecule has 0 aromatic heterocycles.